The van der Waals surface area contributed by atoms with Gasteiger partial charge in [-0.15, -0.1) is 0 Å². The lowest BCUT2D eigenvalue weighted by Gasteiger charge is -2.19. The molecule has 3 N–H and O–H groups in total. The smallest absolute Gasteiger partial charge is 0.157 e. The van der Waals surface area contributed by atoms with Crippen LogP contribution in [0.3, 0.4) is 0 Å². The summed E-state index contributed by atoms with van der Waals surface area (Å²) in [6, 6.07) is 15.6. The van der Waals surface area contributed by atoms with Crippen molar-refractivity contribution in [1.82, 2.24) is 5.32 Å². The lowest BCUT2D eigenvalue weighted by molar-refractivity contribution is 0.401. The van der Waals surface area contributed by atoms with Crippen LogP contribution < -0.4 is 5.32 Å². The van der Waals surface area contributed by atoms with Crippen LogP contribution in [0.5, 0.6) is 11.5 Å². The molecule has 3 rings (SSSR count). The van der Waals surface area contributed by atoms with Gasteiger partial charge in [0.05, 0.1) is 0 Å². The van der Waals surface area contributed by atoms with Crippen LogP contribution in [0, 0.1) is 5.92 Å². The van der Waals surface area contributed by atoms with Crippen LogP contribution in [0.15, 0.2) is 48.5 Å². The Morgan fingerprint density at radius 2 is 1.75 bits per heavy atom. The maximum absolute atomic E-state index is 9.67. The molecular formula is C17H19NO2. The molecule has 1 saturated heterocycles. The highest BCUT2D eigenvalue weighted by molar-refractivity contribution is 5.42. The maximum atomic E-state index is 9.67. The molecule has 3 heteroatoms. The number of phenolic OH excluding ortho intramolecular Hbond substituents is 2. The monoisotopic (exact) mass is 269 g/mol. The lowest BCUT2D eigenvalue weighted by Crippen LogP contribution is -2.13. The van der Waals surface area contributed by atoms with Gasteiger partial charge in [0.1, 0.15) is 0 Å². The quantitative estimate of drug-likeness (QED) is 0.751. The van der Waals surface area contributed by atoms with Crippen LogP contribution in [0.1, 0.15) is 17.0 Å². The van der Waals surface area contributed by atoms with E-state index in [1.807, 2.05) is 12.1 Å². The van der Waals surface area contributed by atoms with Crippen molar-refractivity contribution in [2.75, 3.05) is 13.1 Å². The summed E-state index contributed by atoms with van der Waals surface area (Å²) in [5.74, 6) is 0.801. The van der Waals surface area contributed by atoms with Crippen molar-refractivity contribution in [3.05, 3.63) is 59.7 Å². The minimum atomic E-state index is -0.0562. The second-order valence-corrected chi connectivity index (χ2v) is 5.46. The molecule has 0 bridgehead atoms. The molecule has 2 atom stereocenters. The molecule has 0 radical (unpaired) electrons. The van der Waals surface area contributed by atoms with Crippen LogP contribution in [-0.2, 0) is 6.42 Å². The zero-order chi connectivity index (χ0) is 13.9. The summed E-state index contributed by atoms with van der Waals surface area (Å²) in [7, 11) is 0. The standard InChI is InChI=1S/C17H19NO2/c19-16-7-6-13(9-17(16)20)15-11-18-10-14(15)8-12-4-2-1-3-5-12/h1-7,9,14-15,18-20H,8,10-11H2/t14-,15+/m0/s1. The van der Waals surface area contributed by atoms with Gasteiger partial charge in [0.25, 0.3) is 0 Å². The molecule has 0 aromatic heterocycles. The zero-order valence-corrected chi connectivity index (χ0v) is 11.3. The van der Waals surface area contributed by atoms with Crippen molar-refractivity contribution in [2.24, 2.45) is 5.92 Å². The van der Waals surface area contributed by atoms with E-state index >= 15 is 0 Å². The third-order valence-electron chi connectivity index (χ3n) is 4.11. The summed E-state index contributed by atoms with van der Waals surface area (Å²) in [5.41, 5.74) is 2.43. The number of rotatable bonds is 3. The fraction of sp³-hybridized carbons (Fsp3) is 0.294. The molecule has 0 saturated carbocycles. The largest absolute Gasteiger partial charge is 0.504 e. The average Bonchev–Trinajstić information content (AvgIpc) is 2.91. The average molecular weight is 269 g/mol. The molecule has 1 aliphatic rings. The van der Waals surface area contributed by atoms with E-state index in [0.29, 0.717) is 11.8 Å². The van der Waals surface area contributed by atoms with Gasteiger partial charge in [0.2, 0.25) is 0 Å². The van der Waals surface area contributed by atoms with Crippen molar-refractivity contribution < 1.29 is 10.2 Å². The van der Waals surface area contributed by atoms with Gasteiger partial charge in [-0.05, 0) is 42.1 Å². The lowest BCUT2D eigenvalue weighted by atomic mass is 9.84. The van der Waals surface area contributed by atoms with Gasteiger partial charge in [-0.3, -0.25) is 0 Å². The topological polar surface area (TPSA) is 52.5 Å². The molecule has 2 aromatic rings. The van der Waals surface area contributed by atoms with Gasteiger partial charge in [-0.2, -0.15) is 0 Å². The minimum Gasteiger partial charge on any atom is -0.504 e. The predicted octanol–water partition coefficient (Wildman–Crippen LogP) is 2.64. The van der Waals surface area contributed by atoms with Crippen LogP contribution in [0.25, 0.3) is 0 Å². The number of hydrogen-bond acceptors (Lipinski definition) is 3. The highest BCUT2D eigenvalue weighted by Gasteiger charge is 2.28. The molecule has 0 spiro atoms. The number of phenols is 2. The van der Waals surface area contributed by atoms with Crippen molar-refractivity contribution in [2.45, 2.75) is 12.3 Å². The molecule has 1 heterocycles. The van der Waals surface area contributed by atoms with Crippen LogP contribution in [0.2, 0.25) is 0 Å². The Morgan fingerprint density at radius 1 is 0.950 bits per heavy atom. The van der Waals surface area contributed by atoms with Gasteiger partial charge in [0.15, 0.2) is 11.5 Å². The van der Waals surface area contributed by atoms with Gasteiger partial charge >= 0.3 is 0 Å². The third-order valence-corrected chi connectivity index (χ3v) is 4.11. The summed E-state index contributed by atoms with van der Waals surface area (Å²) in [4.78, 5) is 0. The van der Waals surface area contributed by atoms with E-state index in [-0.39, 0.29) is 11.5 Å². The molecule has 3 nitrogen and oxygen atoms in total. The van der Waals surface area contributed by atoms with Crippen molar-refractivity contribution in [1.29, 1.82) is 0 Å². The molecule has 1 fully saturated rings. The second kappa shape index (κ2) is 5.55. The van der Waals surface area contributed by atoms with E-state index in [1.165, 1.54) is 5.56 Å². The Bertz CT molecular complexity index is 583. The number of hydrogen-bond donors (Lipinski definition) is 3. The van der Waals surface area contributed by atoms with E-state index in [2.05, 4.69) is 29.6 Å². The summed E-state index contributed by atoms with van der Waals surface area (Å²) >= 11 is 0. The number of aromatic hydroxyl groups is 2. The predicted molar refractivity (Wildman–Crippen MR) is 79.0 cm³/mol. The van der Waals surface area contributed by atoms with Gasteiger partial charge in [-0.1, -0.05) is 36.4 Å². The Balaban J connectivity index is 1.80. The second-order valence-electron chi connectivity index (χ2n) is 5.46. The van der Waals surface area contributed by atoms with Gasteiger partial charge < -0.3 is 15.5 Å². The zero-order valence-electron chi connectivity index (χ0n) is 11.3. The fourth-order valence-electron chi connectivity index (χ4n) is 3.03. The van der Waals surface area contributed by atoms with Crippen molar-refractivity contribution >= 4 is 0 Å². The Morgan fingerprint density at radius 3 is 2.50 bits per heavy atom. The highest BCUT2D eigenvalue weighted by atomic mass is 16.3. The first-order chi connectivity index (χ1) is 9.74. The SMILES string of the molecule is Oc1ccc([C@H]2CNC[C@@H]2Cc2ccccc2)cc1O. The molecule has 20 heavy (non-hydrogen) atoms. The number of benzene rings is 2. The van der Waals surface area contributed by atoms with Crippen LogP contribution >= 0.6 is 0 Å². The summed E-state index contributed by atoms with van der Waals surface area (Å²) in [5, 5.41) is 22.5. The molecule has 0 amide bonds. The Labute approximate surface area is 118 Å². The Kier molecular flexibility index (Phi) is 3.61. The van der Waals surface area contributed by atoms with E-state index < -0.39 is 0 Å². The van der Waals surface area contributed by atoms with Crippen LogP contribution in [-0.4, -0.2) is 23.3 Å². The molecule has 2 aromatic carbocycles. The van der Waals surface area contributed by atoms with Crippen molar-refractivity contribution in [3.63, 3.8) is 0 Å². The minimum absolute atomic E-state index is 0.0344. The molecule has 0 aliphatic carbocycles. The van der Waals surface area contributed by atoms with Crippen molar-refractivity contribution in [3.8, 4) is 11.5 Å². The van der Waals surface area contributed by atoms with E-state index in [4.69, 9.17) is 0 Å². The third kappa shape index (κ3) is 2.63. The maximum Gasteiger partial charge on any atom is 0.157 e. The molecule has 0 unspecified atom stereocenters. The summed E-state index contributed by atoms with van der Waals surface area (Å²) in [6.45, 7) is 1.91. The summed E-state index contributed by atoms with van der Waals surface area (Å²) < 4.78 is 0. The van der Waals surface area contributed by atoms with E-state index in [9.17, 15) is 10.2 Å². The van der Waals surface area contributed by atoms with Gasteiger partial charge in [-0.25, -0.2) is 0 Å². The highest BCUT2D eigenvalue weighted by Crippen LogP contribution is 2.35. The molecule has 104 valence electrons. The first-order valence-electron chi connectivity index (χ1n) is 7.00. The first-order valence-corrected chi connectivity index (χ1v) is 7.00. The van der Waals surface area contributed by atoms with E-state index in [0.717, 1.165) is 25.1 Å². The number of nitrogens with one attached hydrogen (secondary N) is 1. The van der Waals surface area contributed by atoms with Crippen LogP contribution in [0.4, 0.5) is 0 Å². The normalized spacial score (nSPS) is 22.0. The summed E-state index contributed by atoms with van der Waals surface area (Å²) in [6.07, 6.45) is 1.03. The fourth-order valence-corrected chi connectivity index (χ4v) is 3.03. The van der Waals surface area contributed by atoms with Gasteiger partial charge in [0, 0.05) is 12.5 Å². The Hall–Kier alpha value is -2.00. The van der Waals surface area contributed by atoms with E-state index in [1.54, 1.807) is 12.1 Å². The first kappa shape index (κ1) is 13.0. The molecular weight excluding hydrogens is 250 g/mol. The molecule has 1 aliphatic heterocycles.